The molecule has 2 fully saturated rings. The third-order valence-corrected chi connectivity index (χ3v) is 3.27. The van der Waals surface area contributed by atoms with E-state index in [2.05, 4.69) is 10.1 Å². The maximum Gasteiger partial charge on any atom is 0.143 e. The minimum absolute atomic E-state index is 0.104. The number of hydrogen-bond donors (Lipinski definition) is 2. The van der Waals surface area contributed by atoms with Crippen LogP contribution in [0.5, 0.6) is 0 Å². The zero-order chi connectivity index (χ0) is 10.8. The number of fused-ring (bicyclic) bond motifs is 2. The van der Waals surface area contributed by atoms with E-state index in [4.69, 9.17) is 15.7 Å². The van der Waals surface area contributed by atoms with Gasteiger partial charge >= 0.3 is 0 Å². The molecule has 0 aromatic heterocycles. The number of ether oxygens (including phenoxy) is 1. The predicted molar refractivity (Wildman–Crippen MR) is 56.9 cm³/mol. The molecule has 15 heavy (non-hydrogen) atoms. The molecule has 0 saturated carbocycles. The highest BCUT2D eigenvalue weighted by Gasteiger charge is 2.34. The molecule has 0 spiro atoms. The molecule has 5 nitrogen and oxygen atoms in total. The number of nitrogens with two attached hydrogens (primary N) is 1. The van der Waals surface area contributed by atoms with Crippen LogP contribution in [0.4, 0.5) is 0 Å². The first kappa shape index (κ1) is 10.7. The predicted octanol–water partition coefficient (Wildman–Crippen LogP) is 0.232. The molecule has 2 saturated heterocycles. The number of morpholine rings is 1. The maximum absolute atomic E-state index is 8.57. The van der Waals surface area contributed by atoms with Crippen molar-refractivity contribution in [3.8, 4) is 0 Å². The van der Waals surface area contributed by atoms with Gasteiger partial charge in [-0.15, -0.1) is 0 Å². The molecule has 3 N–H and O–H groups in total. The van der Waals surface area contributed by atoms with Crippen LogP contribution >= 0.6 is 0 Å². The Balaban J connectivity index is 1.85. The Morgan fingerprint density at radius 1 is 1.53 bits per heavy atom. The van der Waals surface area contributed by atoms with Crippen LogP contribution in [-0.2, 0) is 4.74 Å². The molecule has 3 atom stereocenters. The lowest BCUT2D eigenvalue weighted by molar-refractivity contribution is -0.0399. The van der Waals surface area contributed by atoms with Gasteiger partial charge in [-0.3, -0.25) is 4.90 Å². The van der Waals surface area contributed by atoms with E-state index in [1.807, 2.05) is 6.92 Å². The zero-order valence-electron chi connectivity index (χ0n) is 9.09. The van der Waals surface area contributed by atoms with Crippen LogP contribution < -0.4 is 5.73 Å². The smallest absolute Gasteiger partial charge is 0.143 e. The van der Waals surface area contributed by atoms with Crippen molar-refractivity contribution in [2.45, 2.75) is 32.0 Å². The topological polar surface area (TPSA) is 71.1 Å². The minimum atomic E-state index is 0.104. The van der Waals surface area contributed by atoms with Crippen molar-refractivity contribution < 1.29 is 9.94 Å². The molecule has 2 bridgehead atoms. The SMILES string of the molecule is CC(CN1CC2CCC(C1)O2)C(N)=NO. The van der Waals surface area contributed by atoms with Crippen LogP contribution in [0.1, 0.15) is 19.8 Å². The summed E-state index contributed by atoms with van der Waals surface area (Å²) in [6, 6.07) is 0. The van der Waals surface area contributed by atoms with E-state index in [1.165, 1.54) is 12.8 Å². The second-order valence-electron chi connectivity index (χ2n) is 4.60. The van der Waals surface area contributed by atoms with Gasteiger partial charge in [0, 0.05) is 25.6 Å². The summed E-state index contributed by atoms with van der Waals surface area (Å²) in [6.45, 7) is 4.80. The molecule has 5 heteroatoms. The third-order valence-electron chi connectivity index (χ3n) is 3.27. The van der Waals surface area contributed by atoms with Gasteiger partial charge < -0.3 is 15.7 Å². The fraction of sp³-hybridized carbons (Fsp3) is 0.900. The molecule has 2 aliphatic heterocycles. The van der Waals surface area contributed by atoms with Gasteiger partial charge in [-0.2, -0.15) is 0 Å². The second-order valence-corrected chi connectivity index (χ2v) is 4.60. The van der Waals surface area contributed by atoms with Gasteiger partial charge in [0.15, 0.2) is 0 Å². The molecule has 0 aromatic carbocycles. The number of hydrogen-bond acceptors (Lipinski definition) is 4. The Morgan fingerprint density at radius 3 is 2.67 bits per heavy atom. The Labute approximate surface area is 89.9 Å². The lowest BCUT2D eigenvalue weighted by Gasteiger charge is -2.33. The first-order valence-corrected chi connectivity index (χ1v) is 5.54. The summed E-state index contributed by atoms with van der Waals surface area (Å²) in [5.41, 5.74) is 5.56. The quantitative estimate of drug-likeness (QED) is 0.305. The van der Waals surface area contributed by atoms with Gasteiger partial charge in [-0.05, 0) is 12.8 Å². The molecule has 0 amide bonds. The van der Waals surface area contributed by atoms with Crippen LogP contribution in [0.15, 0.2) is 5.16 Å². The van der Waals surface area contributed by atoms with Crippen molar-refractivity contribution in [2.24, 2.45) is 16.8 Å². The van der Waals surface area contributed by atoms with Gasteiger partial charge in [0.2, 0.25) is 0 Å². The number of amidine groups is 1. The van der Waals surface area contributed by atoms with Gasteiger partial charge in [0.05, 0.1) is 12.2 Å². The number of likely N-dealkylation sites (tertiary alicyclic amines) is 1. The van der Waals surface area contributed by atoms with Crippen LogP contribution in [0, 0.1) is 5.92 Å². The number of rotatable bonds is 3. The van der Waals surface area contributed by atoms with Crippen molar-refractivity contribution in [1.82, 2.24) is 4.90 Å². The fourth-order valence-electron chi connectivity index (χ4n) is 2.43. The number of oxime groups is 1. The van der Waals surface area contributed by atoms with Gasteiger partial charge in [0.1, 0.15) is 5.84 Å². The summed E-state index contributed by atoms with van der Waals surface area (Å²) >= 11 is 0. The number of nitrogens with zero attached hydrogens (tertiary/aromatic N) is 2. The molecular weight excluding hydrogens is 194 g/mol. The van der Waals surface area contributed by atoms with Gasteiger partial charge in [0.25, 0.3) is 0 Å². The van der Waals surface area contributed by atoms with Crippen molar-refractivity contribution in [3.05, 3.63) is 0 Å². The first-order valence-electron chi connectivity index (χ1n) is 5.54. The molecule has 86 valence electrons. The van der Waals surface area contributed by atoms with Crippen molar-refractivity contribution in [1.29, 1.82) is 0 Å². The summed E-state index contributed by atoms with van der Waals surface area (Å²) in [4.78, 5) is 2.36. The molecule has 2 heterocycles. The highest BCUT2D eigenvalue weighted by Crippen LogP contribution is 2.26. The Hall–Kier alpha value is -0.810. The van der Waals surface area contributed by atoms with Crippen molar-refractivity contribution in [3.63, 3.8) is 0 Å². The highest BCUT2D eigenvalue weighted by atomic mass is 16.5. The van der Waals surface area contributed by atoms with E-state index in [9.17, 15) is 0 Å². The van der Waals surface area contributed by atoms with Crippen LogP contribution in [-0.4, -0.2) is 47.8 Å². The lowest BCUT2D eigenvalue weighted by atomic mass is 10.1. The second kappa shape index (κ2) is 4.37. The largest absolute Gasteiger partial charge is 0.409 e. The van der Waals surface area contributed by atoms with E-state index >= 15 is 0 Å². The van der Waals surface area contributed by atoms with E-state index < -0.39 is 0 Å². The van der Waals surface area contributed by atoms with Crippen LogP contribution in [0.25, 0.3) is 0 Å². The van der Waals surface area contributed by atoms with E-state index in [0.717, 1.165) is 19.6 Å². The Bertz CT molecular complexity index is 245. The first-order chi connectivity index (χ1) is 7.19. The van der Waals surface area contributed by atoms with Crippen molar-refractivity contribution in [2.75, 3.05) is 19.6 Å². The Morgan fingerprint density at radius 2 is 2.13 bits per heavy atom. The molecular formula is C10H19N3O2. The van der Waals surface area contributed by atoms with E-state index in [-0.39, 0.29) is 5.92 Å². The molecule has 0 aromatic rings. The summed E-state index contributed by atoms with van der Waals surface area (Å²) < 4.78 is 5.74. The maximum atomic E-state index is 8.57. The van der Waals surface area contributed by atoms with E-state index in [0.29, 0.717) is 18.0 Å². The summed E-state index contributed by atoms with van der Waals surface area (Å²) in [7, 11) is 0. The molecule has 2 aliphatic rings. The summed E-state index contributed by atoms with van der Waals surface area (Å²) in [6.07, 6.45) is 3.17. The molecule has 0 aliphatic carbocycles. The Kier molecular flexibility index (Phi) is 3.11. The zero-order valence-corrected chi connectivity index (χ0v) is 9.09. The highest BCUT2D eigenvalue weighted by molar-refractivity contribution is 5.82. The van der Waals surface area contributed by atoms with Crippen LogP contribution in [0.2, 0.25) is 0 Å². The molecule has 0 radical (unpaired) electrons. The lowest BCUT2D eigenvalue weighted by Crippen LogP contribution is -2.46. The van der Waals surface area contributed by atoms with Gasteiger partial charge in [-0.25, -0.2) is 0 Å². The molecule has 2 rings (SSSR count). The average Bonchev–Trinajstić information content (AvgIpc) is 2.57. The summed E-state index contributed by atoms with van der Waals surface area (Å²) in [5.74, 6) is 0.418. The fourth-order valence-corrected chi connectivity index (χ4v) is 2.43. The average molecular weight is 213 g/mol. The van der Waals surface area contributed by atoms with Crippen LogP contribution in [0.3, 0.4) is 0 Å². The minimum Gasteiger partial charge on any atom is -0.409 e. The van der Waals surface area contributed by atoms with E-state index in [1.54, 1.807) is 0 Å². The molecule has 3 unspecified atom stereocenters. The van der Waals surface area contributed by atoms with Gasteiger partial charge in [-0.1, -0.05) is 12.1 Å². The van der Waals surface area contributed by atoms with Crippen molar-refractivity contribution >= 4 is 5.84 Å². The summed E-state index contributed by atoms with van der Waals surface area (Å²) in [5, 5.41) is 11.6. The standard InChI is InChI=1S/C10H19N3O2/c1-7(10(11)12-14)4-13-5-8-2-3-9(6-13)15-8/h7-9,14H,2-6H2,1H3,(H2,11,12). The third kappa shape index (κ3) is 2.41. The normalized spacial score (nSPS) is 34.3. The monoisotopic (exact) mass is 213 g/mol.